The number of Topliss-reactive ketones (excluding diaryl/α,β-unsaturated/α-hetero) is 16. The summed E-state index contributed by atoms with van der Waals surface area (Å²) in [5.41, 5.74) is -3.25. The Bertz CT molecular complexity index is 3050. The molecular weight excluding hydrogens is 1460 g/mol. The first-order valence-corrected chi connectivity index (χ1v) is 44.6. The molecule has 3 aliphatic rings. The molecule has 674 valence electrons. The highest BCUT2D eigenvalue weighted by atomic mass is 16.2. The number of hydrogen-bond donors (Lipinski definition) is 0. The SMILES string of the molecule is CC(C)(C)C(=O)CC(=O)C1(C)CCCCC1.CC(C)(C)C(=O)CC(=O)C1CCCCC1.CC(C)C(=O)CC(=O)C(C)(C)C.CC(C)CC(=O)CC(=O)C(C)(C)C.CC1(C)CCC(C(=O)CC(=O)C(C)(C)C)CC1.CCC(C)(CC)C(=O)CC(=O)C(C)(C)C.CCC(CC)C(=O)CC(=O)C(C)(C)C.CCC(CC)C(=O)CC(=O)C(C)(C)C. The molecule has 0 aromatic rings. The van der Waals surface area contributed by atoms with E-state index in [2.05, 4.69) is 13.8 Å². The van der Waals surface area contributed by atoms with Crippen molar-refractivity contribution in [1.29, 1.82) is 0 Å². The highest BCUT2D eigenvalue weighted by Crippen LogP contribution is 2.41. The van der Waals surface area contributed by atoms with E-state index in [1.54, 1.807) is 0 Å². The zero-order valence-corrected chi connectivity index (χ0v) is 82.0. The summed E-state index contributed by atoms with van der Waals surface area (Å²) in [4.78, 5) is 187. The van der Waals surface area contributed by atoms with Crippen molar-refractivity contribution in [1.82, 2.24) is 0 Å². The number of rotatable bonds is 31. The quantitative estimate of drug-likeness (QED) is 0.0583. The molecule has 0 spiro atoms. The van der Waals surface area contributed by atoms with Crippen LogP contribution in [0.3, 0.4) is 0 Å². The highest BCUT2D eigenvalue weighted by molar-refractivity contribution is 6.07. The Morgan fingerprint density at radius 3 is 0.828 bits per heavy atom. The van der Waals surface area contributed by atoms with Gasteiger partial charge in [0.15, 0.2) is 0 Å². The molecule has 3 saturated carbocycles. The van der Waals surface area contributed by atoms with Crippen LogP contribution in [0.15, 0.2) is 0 Å². The van der Waals surface area contributed by atoms with Crippen LogP contribution in [0, 0.1) is 95.1 Å². The largest absolute Gasteiger partial charge is 0.299 e. The molecule has 0 unspecified atom stereocenters. The summed E-state index contributed by atoms with van der Waals surface area (Å²) in [6.45, 7) is 72.8. The minimum absolute atomic E-state index is 0.0289. The summed E-state index contributed by atoms with van der Waals surface area (Å²) < 4.78 is 0. The molecule has 3 fully saturated rings. The van der Waals surface area contributed by atoms with E-state index in [9.17, 15) is 76.7 Å². The second kappa shape index (κ2) is 53.5. The lowest BCUT2D eigenvalue weighted by molar-refractivity contribution is -0.138. The predicted octanol–water partition coefficient (Wildman–Crippen LogP) is 24.7. The van der Waals surface area contributed by atoms with Gasteiger partial charge in [-0.05, 0) is 101 Å². The van der Waals surface area contributed by atoms with Gasteiger partial charge in [0, 0.05) is 90.2 Å². The first-order valence-electron chi connectivity index (χ1n) is 44.6. The lowest BCUT2D eigenvalue weighted by atomic mass is 9.70. The Morgan fingerprint density at radius 1 is 0.293 bits per heavy atom. The fourth-order valence-corrected chi connectivity index (χ4v) is 12.0. The van der Waals surface area contributed by atoms with Gasteiger partial charge in [-0.25, -0.2) is 0 Å². The molecule has 0 atom stereocenters. The number of ketones is 16. The van der Waals surface area contributed by atoms with E-state index in [0.29, 0.717) is 17.8 Å². The van der Waals surface area contributed by atoms with Crippen LogP contribution >= 0.6 is 0 Å². The van der Waals surface area contributed by atoms with Gasteiger partial charge >= 0.3 is 0 Å². The zero-order chi connectivity index (χ0) is 92.7. The van der Waals surface area contributed by atoms with Gasteiger partial charge in [-0.3, -0.25) is 76.7 Å². The maximum Gasteiger partial charge on any atom is 0.146 e. The second-order valence-corrected chi connectivity index (χ2v) is 44.0. The summed E-state index contributed by atoms with van der Waals surface area (Å²) in [7, 11) is 0. The van der Waals surface area contributed by atoms with E-state index < -0.39 is 5.41 Å². The Kier molecular flexibility index (Phi) is 55.0. The minimum Gasteiger partial charge on any atom is -0.299 e. The third-order valence-electron chi connectivity index (χ3n) is 23.2. The van der Waals surface area contributed by atoms with Gasteiger partial charge in [0.25, 0.3) is 0 Å². The molecule has 0 saturated heterocycles. The van der Waals surface area contributed by atoms with Crippen LogP contribution in [0.25, 0.3) is 0 Å². The maximum atomic E-state index is 12.2. The Hall–Kier alpha value is -5.28. The van der Waals surface area contributed by atoms with Crippen LogP contribution in [0.4, 0.5) is 0 Å². The van der Waals surface area contributed by atoms with Crippen molar-refractivity contribution in [3.63, 3.8) is 0 Å². The van der Waals surface area contributed by atoms with Gasteiger partial charge in [-0.2, -0.15) is 0 Å². The van der Waals surface area contributed by atoms with E-state index in [1.807, 2.05) is 249 Å². The van der Waals surface area contributed by atoms with Crippen LogP contribution in [-0.2, 0) is 76.7 Å². The third kappa shape index (κ3) is 52.7. The summed E-state index contributed by atoms with van der Waals surface area (Å²) in [6.07, 6.45) is 21.5. The molecule has 3 aliphatic carbocycles. The standard InChI is InChI=1S/C15H26O2.C14H24O2.C13H22O2.C13H24O2.2C12H22O2.C11H20O2.C10H18O2/c1-14(2,3)13(17)10-12(16)11-6-8-15(4,5)9-7-11;1-13(2,3)11(15)10-12(16)14(4)8-6-5-7-9-14;1-13(2,3)12(15)9-11(14)10-7-5-4-6-8-10;1-7-13(6,8-2)11(15)9-10(14)12(3,4)5;2*1-6-9(7-2)10(13)8-11(14)12(3,4)5;1-8(2)6-9(12)7-10(13)11(3,4)5;1-7(2)8(11)6-9(12)10(3,4)5/h11H,6-10H2,1-5H3;5-10H2,1-4H3;10H,4-9H2,1-3H3;7-9H2,1-6H3;2*9H,6-8H2,1-5H3;8H,6-7H2,1-5H3;7H,6H2,1-5H3. The third-order valence-corrected chi connectivity index (χ3v) is 23.2. The number of hydrogen-bond acceptors (Lipinski definition) is 16. The van der Waals surface area contributed by atoms with Gasteiger partial charge in [-0.1, -0.05) is 302 Å². The average molecular weight is 1640 g/mol. The average Bonchev–Trinajstić information content (AvgIpc) is 0.833. The molecule has 0 heterocycles. The van der Waals surface area contributed by atoms with Crippen LogP contribution in [0.2, 0.25) is 0 Å². The molecule has 0 aromatic carbocycles. The second-order valence-electron chi connectivity index (χ2n) is 44.0. The van der Waals surface area contributed by atoms with Crippen molar-refractivity contribution in [2.45, 2.75) is 449 Å². The Balaban J connectivity index is -0.000000406. The van der Waals surface area contributed by atoms with Crippen molar-refractivity contribution in [2.75, 3.05) is 0 Å². The summed E-state index contributed by atoms with van der Waals surface area (Å²) in [5.74, 6) is 2.11. The summed E-state index contributed by atoms with van der Waals surface area (Å²) in [6, 6.07) is 0. The van der Waals surface area contributed by atoms with Crippen molar-refractivity contribution < 1.29 is 76.7 Å². The van der Waals surface area contributed by atoms with Crippen LogP contribution in [0.5, 0.6) is 0 Å². The van der Waals surface area contributed by atoms with Crippen molar-refractivity contribution in [3.8, 4) is 0 Å². The van der Waals surface area contributed by atoms with Crippen molar-refractivity contribution >= 4 is 92.5 Å². The number of carbonyl (C=O) groups is 16. The van der Waals surface area contributed by atoms with E-state index >= 15 is 0 Å². The lowest BCUT2D eigenvalue weighted by Gasteiger charge is -2.33. The molecule has 0 aromatic heterocycles. The molecule has 0 amide bonds. The summed E-state index contributed by atoms with van der Waals surface area (Å²) >= 11 is 0. The molecule has 16 nitrogen and oxygen atoms in total. The fraction of sp³-hybridized carbons (Fsp3) is 0.840. The smallest absolute Gasteiger partial charge is 0.146 e. The van der Waals surface area contributed by atoms with Gasteiger partial charge in [0.05, 0.1) is 51.4 Å². The van der Waals surface area contributed by atoms with Gasteiger partial charge < -0.3 is 0 Å². The summed E-state index contributed by atoms with van der Waals surface area (Å²) in [5, 5.41) is 0. The first kappa shape index (κ1) is 119. The van der Waals surface area contributed by atoms with E-state index in [-0.39, 0.29) is 222 Å². The molecule has 3 rings (SSSR count). The molecule has 0 N–H and O–H groups in total. The lowest BCUT2D eigenvalue weighted by Crippen LogP contribution is -2.34. The van der Waals surface area contributed by atoms with Gasteiger partial charge in [0.2, 0.25) is 0 Å². The van der Waals surface area contributed by atoms with Gasteiger partial charge in [-0.15, -0.1) is 0 Å². The van der Waals surface area contributed by atoms with E-state index in [1.165, 1.54) is 12.8 Å². The van der Waals surface area contributed by atoms with Crippen molar-refractivity contribution in [3.05, 3.63) is 0 Å². The minimum atomic E-state index is -0.405. The van der Waals surface area contributed by atoms with Crippen LogP contribution < -0.4 is 0 Å². The number of carbonyl (C=O) groups excluding carboxylic acids is 16. The molecule has 0 aliphatic heterocycles. The molecule has 0 radical (unpaired) electrons. The zero-order valence-electron chi connectivity index (χ0n) is 82.0. The fourth-order valence-electron chi connectivity index (χ4n) is 12.0. The Labute approximate surface area is 709 Å². The first-order chi connectivity index (χ1) is 52.1. The predicted molar refractivity (Wildman–Crippen MR) is 477 cm³/mol. The molecule has 116 heavy (non-hydrogen) atoms. The Morgan fingerprint density at radius 2 is 0.552 bits per heavy atom. The van der Waals surface area contributed by atoms with Crippen molar-refractivity contribution in [2.24, 2.45) is 95.1 Å². The molecular formula is C100H178O16. The normalized spacial score (nSPS) is 15.4. The van der Waals surface area contributed by atoms with E-state index in [0.717, 1.165) is 116 Å². The molecule has 0 bridgehead atoms. The highest BCUT2D eigenvalue weighted by Gasteiger charge is 2.39. The molecule has 16 heteroatoms. The van der Waals surface area contributed by atoms with Gasteiger partial charge in [0.1, 0.15) is 92.5 Å². The topological polar surface area (TPSA) is 273 Å². The monoisotopic (exact) mass is 1640 g/mol. The van der Waals surface area contributed by atoms with Crippen LogP contribution in [0.1, 0.15) is 449 Å². The van der Waals surface area contributed by atoms with Crippen LogP contribution in [-0.4, -0.2) is 92.5 Å². The van der Waals surface area contributed by atoms with E-state index in [4.69, 9.17) is 0 Å². The maximum absolute atomic E-state index is 12.2.